The van der Waals surface area contributed by atoms with Crippen LogP contribution in [0.2, 0.25) is 0 Å². The van der Waals surface area contributed by atoms with Crippen molar-refractivity contribution in [2.24, 2.45) is 0 Å². The number of rotatable bonds is 4. The van der Waals surface area contributed by atoms with Gasteiger partial charge in [-0.15, -0.1) is 0 Å². The van der Waals surface area contributed by atoms with Gasteiger partial charge >= 0.3 is 0 Å². The first kappa shape index (κ1) is 12.9. The van der Waals surface area contributed by atoms with E-state index in [4.69, 9.17) is 0 Å². The van der Waals surface area contributed by atoms with E-state index in [2.05, 4.69) is 15.6 Å². The zero-order valence-corrected chi connectivity index (χ0v) is 10.9. The van der Waals surface area contributed by atoms with Crippen LogP contribution in [0.5, 0.6) is 0 Å². The Hall–Kier alpha value is -1.58. The quantitative estimate of drug-likeness (QED) is 0.859. The average molecular weight is 247 g/mol. The smallest absolute Gasteiger partial charge is 0.225 e. The second kappa shape index (κ2) is 6.38. The summed E-state index contributed by atoms with van der Waals surface area (Å²) >= 11 is 0. The highest BCUT2D eigenvalue weighted by atomic mass is 16.1. The summed E-state index contributed by atoms with van der Waals surface area (Å²) in [6.07, 6.45) is 8.75. The van der Waals surface area contributed by atoms with Gasteiger partial charge in [0.05, 0.1) is 11.9 Å². The normalized spacial score (nSPS) is 16.3. The number of nitrogens with zero attached hydrogens (tertiary/aromatic N) is 1. The number of carbonyl (C=O) groups excluding carboxylic acids is 1. The summed E-state index contributed by atoms with van der Waals surface area (Å²) in [5, 5.41) is 6.24. The average Bonchev–Trinajstić information content (AvgIpc) is 2.42. The van der Waals surface area contributed by atoms with Crippen molar-refractivity contribution in [1.29, 1.82) is 0 Å². The zero-order chi connectivity index (χ0) is 12.8. The lowest BCUT2D eigenvalue weighted by molar-refractivity contribution is -0.115. The van der Waals surface area contributed by atoms with Gasteiger partial charge in [-0.3, -0.25) is 4.79 Å². The number of anilines is 2. The van der Waals surface area contributed by atoms with Crippen molar-refractivity contribution in [1.82, 2.24) is 4.98 Å². The second-order valence-electron chi connectivity index (χ2n) is 4.81. The molecule has 1 heterocycles. The molecule has 0 radical (unpaired) electrons. The van der Waals surface area contributed by atoms with Crippen LogP contribution in [0.1, 0.15) is 45.4 Å². The Morgan fingerprint density at radius 3 is 2.72 bits per heavy atom. The monoisotopic (exact) mass is 247 g/mol. The first-order valence-electron chi connectivity index (χ1n) is 6.80. The molecule has 0 aliphatic heterocycles. The third kappa shape index (κ3) is 3.72. The Labute approximate surface area is 108 Å². The van der Waals surface area contributed by atoms with E-state index in [1.54, 1.807) is 6.20 Å². The minimum atomic E-state index is -0.00418. The predicted octanol–water partition coefficient (Wildman–Crippen LogP) is 3.17. The van der Waals surface area contributed by atoms with E-state index in [0.29, 0.717) is 18.3 Å². The van der Waals surface area contributed by atoms with E-state index in [0.717, 1.165) is 5.69 Å². The highest BCUT2D eigenvalue weighted by molar-refractivity contribution is 5.89. The first-order chi connectivity index (χ1) is 8.78. The molecule has 18 heavy (non-hydrogen) atoms. The fourth-order valence-electron chi connectivity index (χ4n) is 2.27. The molecule has 4 heteroatoms. The van der Waals surface area contributed by atoms with Crippen LogP contribution >= 0.6 is 0 Å². The number of hydrogen-bond acceptors (Lipinski definition) is 3. The highest BCUT2D eigenvalue weighted by Gasteiger charge is 2.12. The molecule has 98 valence electrons. The minimum Gasteiger partial charge on any atom is -0.381 e. The van der Waals surface area contributed by atoms with E-state index < -0.39 is 0 Å². The summed E-state index contributed by atoms with van der Waals surface area (Å²) in [6.45, 7) is 1.83. The lowest BCUT2D eigenvalue weighted by Crippen LogP contribution is -2.22. The molecule has 0 aromatic carbocycles. The molecule has 2 N–H and O–H groups in total. The minimum absolute atomic E-state index is 0.00418. The van der Waals surface area contributed by atoms with Crippen molar-refractivity contribution in [3.8, 4) is 0 Å². The van der Waals surface area contributed by atoms with Crippen LogP contribution in [0.4, 0.5) is 11.5 Å². The highest BCUT2D eigenvalue weighted by Crippen LogP contribution is 2.21. The number of nitrogens with one attached hydrogen (secondary N) is 2. The van der Waals surface area contributed by atoms with Gasteiger partial charge in [-0.25, -0.2) is 4.98 Å². The Morgan fingerprint density at radius 2 is 2.11 bits per heavy atom. The maximum atomic E-state index is 11.2. The molecule has 1 aromatic heterocycles. The van der Waals surface area contributed by atoms with Crippen molar-refractivity contribution in [2.75, 3.05) is 10.6 Å². The lowest BCUT2D eigenvalue weighted by atomic mass is 9.95. The molecule has 1 saturated carbocycles. The molecule has 0 atom stereocenters. The summed E-state index contributed by atoms with van der Waals surface area (Å²) in [4.78, 5) is 15.5. The molecule has 0 bridgehead atoms. The van der Waals surface area contributed by atoms with Gasteiger partial charge in [0.15, 0.2) is 0 Å². The van der Waals surface area contributed by atoms with Crippen LogP contribution in [0.3, 0.4) is 0 Å². The van der Waals surface area contributed by atoms with E-state index >= 15 is 0 Å². The van der Waals surface area contributed by atoms with Gasteiger partial charge < -0.3 is 10.6 Å². The van der Waals surface area contributed by atoms with E-state index in [1.807, 2.05) is 19.1 Å². The van der Waals surface area contributed by atoms with Gasteiger partial charge in [-0.2, -0.15) is 0 Å². The van der Waals surface area contributed by atoms with Crippen LogP contribution in [0.15, 0.2) is 18.3 Å². The fraction of sp³-hybridized carbons (Fsp3) is 0.571. The van der Waals surface area contributed by atoms with Crippen molar-refractivity contribution >= 4 is 17.4 Å². The molecule has 1 aliphatic carbocycles. The Balaban J connectivity index is 1.88. The van der Waals surface area contributed by atoms with Crippen LogP contribution in [0, 0.1) is 0 Å². The van der Waals surface area contributed by atoms with Crippen molar-refractivity contribution in [3.05, 3.63) is 18.3 Å². The number of amides is 1. The van der Waals surface area contributed by atoms with Gasteiger partial charge in [-0.05, 0) is 25.0 Å². The number of carbonyl (C=O) groups is 1. The molecule has 0 spiro atoms. The van der Waals surface area contributed by atoms with Crippen LogP contribution in [-0.4, -0.2) is 16.9 Å². The molecule has 1 amide bonds. The van der Waals surface area contributed by atoms with E-state index in [9.17, 15) is 4.79 Å². The SMILES string of the molecule is CCC(=O)Nc1ccc(NC2CCCCC2)cn1. The van der Waals surface area contributed by atoms with Gasteiger partial charge in [0.1, 0.15) is 5.82 Å². The predicted molar refractivity (Wildman–Crippen MR) is 73.7 cm³/mol. The Bertz CT molecular complexity index is 383. The van der Waals surface area contributed by atoms with E-state index in [-0.39, 0.29) is 5.91 Å². The first-order valence-corrected chi connectivity index (χ1v) is 6.80. The van der Waals surface area contributed by atoms with Crippen molar-refractivity contribution < 1.29 is 4.79 Å². The molecule has 0 unspecified atom stereocenters. The second-order valence-corrected chi connectivity index (χ2v) is 4.81. The summed E-state index contributed by atoms with van der Waals surface area (Å²) in [6, 6.07) is 4.41. The molecule has 2 rings (SSSR count). The molecule has 1 aliphatic rings. The Kier molecular flexibility index (Phi) is 4.56. The summed E-state index contributed by atoms with van der Waals surface area (Å²) in [5.74, 6) is 0.617. The largest absolute Gasteiger partial charge is 0.381 e. The van der Waals surface area contributed by atoms with Gasteiger partial charge in [0.25, 0.3) is 0 Å². The fourth-order valence-corrected chi connectivity index (χ4v) is 2.27. The molecule has 0 saturated heterocycles. The zero-order valence-electron chi connectivity index (χ0n) is 10.9. The summed E-state index contributed by atoms with van der Waals surface area (Å²) in [7, 11) is 0. The molecular formula is C14H21N3O. The van der Waals surface area contributed by atoms with E-state index in [1.165, 1.54) is 32.1 Å². The van der Waals surface area contributed by atoms with Crippen LogP contribution in [-0.2, 0) is 4.79 Å². The number of hydrogen-bond donors (Lipinski definition) is 2. The van der Waals surface area contributed by atoms with Crippen molar-refractivity contribution in [3.63, 3.8) is 0 Å². The third-order valence-electron chi connectivity index (χ3n) is 3.33. The van der Waals surface area contributed by atoms with Crippen LogP contribution in [0.25, 0.3) is 0 Å². The topological polar surface area (TPSA) is 54.0 Å². The molecular weight excluding hydrogens is 226 g/mol. The van der Waals surface area contributed by atoms with Gasteiger partial charge in [0.2, 0.25) is 5.91 Å². The number of aromatic nitrogens is 1. The maximum Gasteiger partial charge on any atom is 0.225 e. The lowest BCUT2D eigenvalue weighted by Gasteiger charge is -2.23. The standard InChI is InChI=1S/C14H21N3O/c1-2-14(18)17-13-9-8-12(10-15-13)16-11-6-4-3-5-7-11/h8-11,16H,2-7H2,1H3,(H,15,17,18). The molecule has 4 nitrogen and oxygen atoms in total. The van der Waals surface area contributed by atoms with Crippen LogP contribution < -0.4 is 10.6 Å². The third-order valence-corrected chi connectivity index (χ3v) is 3.33. The Morgan fingerprint density at radius 1 is 1.33 bits per heavy atom. The maximum absolute atomic E-state index is 11.2. The summed E-state index contributed by atoms with van der Waals surface area (Å²) in [5.41, 5.74) is 1.04. The van der Waals surface area contributed by atoms with Crippen molar-refractivity contribution in [2.45, 2.75) is 51.5 Å². The molecule has 1 fully saturated rings. The van der Waals surface area contributed by atoms with Gasteiger partial charge in [-0.1, -0.05) is 26.2 Å². The summed E-state index contributed by atoms with van der Waals surface area (Å²) < 4.78 is 0. The van der Waals surface area contributed by atoms with Gasteiger partial charge in [0, 0.05) is 12.5 Å². The number of pyridine rings is 1. The molecule has 1 aromatic rings.